The molecular formula is C12H18BNO. The van der Waals surface area contributed by atoms with Gasteiger partial charge in [-0.15, -0.1) is 0 Å². The molecular weight excluding hydrogens is 185 g/mol. The van der Waals surface area contributed by atoms with Crippen molar-refractivity contribution in [1.82, 2.24) is 0 Å². The highest BCUT2D eigenvalue weighted by Crippen LogP contribution is 2.18. The number of anilines is 1. The van der Waals surface area contributed by atoms with E-state index in [2.05, 4.69) is 50.9 Å². The molecule has 1 aliphatic rings. The van der Waals surface area contributed by atoms with Crippen LogP contribution in [0.5, 0.6) is 0 Å². The third-order valence-electron chi connectivity index (χ3n) is 2.82. The van der Waals surface area contributed by atoms with Crippen LogP contribution in [-0.2, 0) is 4.74 Å². The van der Waals surface area contributed by atoms with Crippen LogP contribution in [0.25, 0.3) is 0 Å². The number of ether oxygens (including phenoxy) is 1. The van der Waals surface area contributed by atoms with E-state index < -0.39 is 0 Å². The van der Waals surface area contributed by atoms with Crippen molar-refractivity contribution in [1.29, 1.82) is 0 Å². The fourth-order valence-electron chi connectivity index (χ4n) is 2.14. The quantitative estimate of drug-likeness (QED) is 0.618. The van der Waals surface area contributed by atoms with Crippen LogP contribution in [0.15, 0.2) is 24.3 Å². The lowest BCUT2D eigenvalue weighted by Gasteiger charge is -2.36. The highest BCUT2D eigenvalue weighted by atomic mass is 16.5. The van der Waals surface area contributed by atoms with Gasteiger partial charge in [0.05, 0.1) is 12.2 Å². The molecule has 2 nitrogen and oxygen atoms in total. The van der Waals surface area contributed by atoms with Gasteiger partial charge in [0.15, 0.2) is 0 Å². The smallest absolute Gasteiger partial charge is 0.139 e. The van der Waals surface area contributed by atoms with E-state index in [0.717, 1.165) is 13.1 Å². The first-order valence-electron chi connectivity index (χ1n) is 5.62. The molecule has 3 heteroatoms. The molecule has 0 amide bonds. The largest absolute Gasteiger partial charge is 0.372 e. The maximum atomic E-state index is 5.72. The Labute approximate surface area is 92.6 Å². The van der Waals surface area contributed by atoms with Crippen molar-refractivity contribution in [3.8, 4) is 0 Å². The van der Waals surface area contributed by atoms with Crippen molar-refractivity contribution >= 4 is 19.0 Å². The normalized spacial score (nSPS) is 26.7. The van der Waals surface area contributed by atoms with Gasteiger partial charge in [0, 0.05) is 18.8 Å². The molecule has 80 valence electrons. The molecule has 1 heterocycles. The fraction of sp³-hybridized carbons (Fsp3) is 0.500. The van der Waals surface area contributed by atoms with Crippen molar-refractivity contribution in [3.63, 3.8) is 0 Å². The minimum absolute atomic E-state index is 0.329. The molecule has 2 rings (SSSR count). The molecule has 0 aromatic heterocycles. The zero-order valence-electron chi connectivity index (χ0n) is 9.73. The third-order valence-corrected chi connectivity index (χ3v) is 2.82. The summed E-state index contributed by atoms with van der Waals surface area (Å²) in [5.41, 5.74) is 2.62. The topological polar surface area (TPSA) is 12.5 Å². The average Bonchev–Trinajstić information content (AvgIpc) is 2.17. The maximum Gasteiger partial charge on any atom is 0.139 e. The summed E-state index contributed by atoms with van der Waals surface area (Å²) in [4.78, 5) is 2.40. The number of nitrogens with zero attached hydrogens (tertiary/aromatic N) is 1. The Hall–Kier alpha value is -0.955. The molecule has 0 saturated carbocycles. The second-order valence-corrected chi connectivity index (χ2v) is 4.50. The van der Waals surface area contributed by atoms with Crippen LogP contribution in [0.4, 0.5) is 5.69 Å². The van der Waals surface area contributed by atoms with Gasteiger partial charge in [-0.25, -0.2) is 0 Å². The standard InChI is InChI=1S/C12H18BNO/c1-9-7-14(8-10(2)15-9)12-5-3-11(13)4-6-12/h3-6,9-10H,7-8,13H2,1-2H3. The summed E-state index contributed by atoms with van der Waals surface area (Å²) >= 11 is 0. The molecule has 2 atom stereocenters. The Morgan fingerprint density at radius 3 is 2.20 bits per heavy atom. The van der Waals surface area contributed by atoms with Gasteiger partial charge in [-0.3, -0.25) is 0 Å². The first kappa shape index (κ1) is 10.6. The van der Waals surface area contributed by atoms with Gasteiger partial charge in [-0.2, -0.15) is 0 Å². The molecule has 2 unspecified atom stereocenters. The summed E-state index contributed by atoms with van der Waals surface area (Å²) in [6.07, 6.45) is 0.658. The van der Waals surface area contributed by atoms with Crippen molar-refractivity contribution < 1.29 is 4.74 Å². The van der Waals surface area contributed by atoms with E-state index in [4.69, 9.17) is 4.74 Å². The summed E-state index contributed by atoms with van der Waals surface area (Å²) in [6.45, 7) is 6.26. The predicted octanol–water partition coefficient (Wildman–Crippen LogP) is 0.559. The molecule has 1 aliphatic heterocycles. The van der Waals surface area contributed by atoms with Crippen LogP contribution in [0.3, 0.4) is 0 Å². The van der Waals surface area contributed by atoms with E-state index >= 15 is 0 Å². The van der Waals surface area contributed by atoms with Crippen molar-refractivity contribution in [2.75, 3.05) is 18.0 Å². The van der Waals surface area contributed by atoms with Gasteiger partial charge in [0.1, 0.15) is 7.85 Å². The van der Waals surface area contributed by atoms with Crippen molar-refractivity contribution in [3.05, 3.63) is 24.3 Å². The minimum atomic E-state index is 0.329. The van der Waals surface area contributed by atoms with Crippen LogP contribution in [0.1, 0.15) is 13.8 Å². The van der Waals surface area contributed by atoms with Gasteiger partial charge in [-0.05, 0) is 26.0 Å². The lowest BCUT2D eigenvalue weighted by Crippen LogP contribution is -2.45. The van der Waals surface area contributed by atoms with E-state index in [1.807, 2.05) is 0 Å². The third kappa shape index (κ3) is 2.54. The van der Waals surface area contributed by atoms with Gasteiger partial charge >= 0.3 is 0 Å². The summed E-state index contributed by atoms with van der Waals surface area (Å²) in [7, 11) is 2.12. The second kappa shape index (κ2) is 4.27. The summed E-state index contributed by atoms with van der Waals surface area (Å²) in [5, 5.41) is 0. The van der Waals surface area contributed by atoms with Gasteiger partial charge in [-0.1, -0.05) is 17.6 Å². The first-order valence-corrected chi connectivity index (χ1v) is 5.62. The van der Waals surface area contributed by atoms with E-state index in [-0.39, 0.29) is 0 Å². The van der Waals surface area contributed by atoms with Crippen LogP contribution >= 0.6 is 0 Å². The molecule has 0 bridgehead atoms. The van der Waals surface area contributed by atoms with Crippen molar-refractivity contribution in [2.45, 2.75) is 26.1 Å². The molecule has 1 saturated heterocycles. The molecule has 15 heavy (non-hydrogen) atoms. The first-order chi connectivity index (χ1) is 7.15. The monoisotopic (exact) mass is 203 g/mol. The minimum Gasteiger partial charge on any atom is -0.372 e. The Bertz CT molecular complexity index is 315. The van der Waals surface area contributed by atoms with Gasteiger partial charge in [0.2, 0.25) is 0 Å². The average molecular weight is 203 g/mol. The molecule has 1 aromatic carbocycles. The van der Waals surface area contributed by atoms with Crippen LogP contribution in [0.2, 0.25) is 0 Å². The van der Waals surface area contributed by atoms with E-state index in [1.165, 1.54) is 11.2 Å². The lowest BCUT2D eigenvalue weighted by atomic mass is 9.96. The number of hydrogen-bond donors (Lipinski definition) is 0. The highest BCUT2D eigenvalue weighted by molar-refractivity contribution is 6.32. The molecule has 0 aliphatic carbocycles. The highest BCUT2D eigenvalue weighted by Gasteiger charge is 2.21. The summed E-state index contributed by atoms with van der Waals surface area (Å²) in [5.74, 6) is 0. The van der Waals surface area contributed by atoms with E-state index in [1.54, 1.807) is 0 Å². The molecule has 0 spiro atoms. The SMILES string of the molecule is Bc1ccc(N2CC(C)OC(C)C2)cc1. The number of rotatable bonds is 1. The molecule has 1 fully saturated rings. The number of benzene rings is 1. The number of morpholine rings is 1. The van der Waals surface area contributed by atoms with Crippen LogP contribution in [0, 0.1) is 0 Å². The molecule has 0 N–H and O–H groups in total. The summed E-state index contributed by atoms with van der Waals surface area (Å²) < 4.78 is 5.72. The Morgan fingerprint density at radius 1 is 1.13 bits per heavy atom. The fourth-order valence-corrected chi connectivity index (χ4v) is 2.14. The second-order valence-electron chi connectivity index (χ2n) is 4.50. The molecule has 1 aromatic rings. The number of hydrogen-bond acceptors (Lipinski definition) is 2. The summed E-state index contributed by atoms with van der Waals surface area (Å²) in [6, 6.07) is 8.72. The zero-order valence-corrected chi connectivity index (χ0v) is 9.73. The Kier molecular flexibility index (Phi) is 3.01. The van der Waals surface area contributed by atoms with Gasteiger partial charge in [0.25, 0.3) is 0 Å². The predicted molar refractivity (Wildman–Crippen MR) is 66.8 cm³/mol. The maximum absolute atomic E-state index is 5.72. The van der Waals surface area contributed by atoms with Gasteiger partial charge < -0.3 is 9.64 Å². The molecule has 0 radical (unpaired) electrons. The van der Waals surface area contributed by atoms with Crippen LogP contribution < -0.4 is 10.4 Å². The zero-order chi connectivity index (χ0) is 10.8. The van der Waals surface area contributed by atoms with E-state index in [0.29, 0.717) is 12.2 Å². The Morgan fingerprint density at radius 2 is 1.67 bits per heavy atom. The van der Waals surface area contributed by atoms with Crippen LogP contribution in [-0.4, -0.2) is 33.1 Å². The van der Waals surface area contributed by atoms with E-state index in [9.17, 15) is 0 Å². The van der Waals surface area contributed by atoms with Crippen molar-refractivity contribution in [2.24, 2.45) is 0 Å². The Balaban J connectivity index is 2.12. The lowest BCUT2D eigenvalue weighted by molar-refractivity contribution is -0.00521.